The summed E-state index contributed by atoms with van der Waals surface area (Å²) in [6.07, 6.45) is 8.44. The van der Waals surface area contributed by atoms with Crippen LogP contribution in [0.1, 0.15) is 98.8 Å². The fourth-order valence-electron chi connectivity index (χ4n) is 9.59. The van der Waals surface area contributed by atoms with Crippen molar-refractivity contribution in [1.29, 1.82) is 0 Å². The molecule has 0 radical (unpaired) electrons. The smallest absolute Gasteiger partial charge is 0.237 e. The molecule has 6 rings (SSSR count). The van der Waals surface area contributed by atoms with Crippen molar-refractivity contribution < 1.29 is 59.2 Å². The zero-order valence-corrected chi connectivity index (χ0v) is 43.1. The molecular weight excluding hydrogens is 980 g/mol. The molecule has 404 valence electrons. The number of hydrogen-bond donors (Lipinski definition) is 10. The van der Waals surface area contributed by atoms with Crippen LogP contribution in [0.15, 0.2) is 49.1 Å². The fraction of sp³-hybridized carbons (Fsp3) is 0.760. The number of nitrogens with one attached hydrogen (secondary N) is 4. The predicted octanol–water partition coefficient (Wildman–Crippen LogP) is 3.29. The van der Waals surface area contributed by atoms with Gasteiger partial charge in [-0.1, -0.05) is 13.8 Å². The summed E-state index contributed by atoms with van der Waals surface area (Å²) in [4.78, 5) is 34.3. The van der Waals surface area contributed by atoms with Crippen LogP contribution < -0.4 is 30.7 Å². The number of rotatable bonds is 20. The number of carbonyl (C=O) groups is 2. The van der Waals surface area contributed by atoms with Gasteiger partial charge in [0.1, 0.15) is 65.8 Å². The standard InChI is InChI=1S/C25H40ClN3O6S.C24H38ClN3O6.CH4/c1-15(26)19(23-21(31)20(30)22(32)25(35-23)36-2)29-24(33)18-9-8-16(10-12-28-18)6-3-4-13-34-17-7-5-11-27-14-17;1-14(25)19(23-22(31)21(30)20(29)15(2)34-23)28-24(32)18-8-7-16(9-11-27-18)5-4-12-33-17-6-3-10-26-13-17;/h5,7,11,14-16,18-23,25,28,30-32H,3-4,6,8-10,12-13H2,1-2H3,(H,29,33);3,6,10,13-16,18-23,27,29-31H,4-5,7-9,11-12H2,1-2H3,(H,28,32);1H4/t15-,16-,18-,19+,20-,21+,22+,23+,25+;14-,15+,16-,18-,19+,20-,21+,22+,23+;/m00./s1. The molecule has 4 aliphatic rings. The fourth-order valence-corrected chi connectivity index (χ4v) is 10.7. The van der Waals surface area contributed by atoms with Gasteiger partial charge in [0.25, 0.3) is 0 Å². The summed E-state index contributed by atoms with van der Waals surface area (Å²) in [5, 5.41) is 72.9. The van der Waals surface area contributed by atoms with Gasteiger partial charge in [0.05, 0.1) is 66.6 Å². The summed E-state index contributed by atoms with van der Waals surface area (Å²) < 4.78 is 23.0. The number of carbonyl (C=O) groups excluding carboxylic acids is 2. The zero-order chi connectivity index (χ0) is 50.7. The molecule has 0 spiro atoms. The van der Waals surface area contributed by atoms with Gasteiger partial charge in [-0.2, -0.15) is 0 Å². The van der Waals surface area contributed by atoms with E-state index >= 15 is 0 Å². The first-order valence-corrected chi connectivity index (χ1v) is 27.1. The van der Waals surface area contributed by atoms with Gasteiger partial charge in [0, 0.05) is 12.4 Å². The number of alkyl halides is 2. The van der Waals surface area contributed by atoms with E-state index in [-0.39, 0.29) is 31.3 Å². The maximum absolute atomic E-state index is 13.1. The number of unbranched alkanes of at least 4 members (excludes halogenated alkanes) is 1. The second-order valence-corrected chi connectivity index (χ2v) is 21.4. The first-order chi connectivity index (χ1) is 33.6. The number of nitrogens with zero attached hydrogens (tertiary/aromatic N) is 2. The molecule has 0 saturated carbocycles. The van der Waals surface area contributed by atoms with Gasteiger partial charge in [0.15, 0.2) is 0 Å². The van der Waals surface area contributed by atoms with Crippen LogP contribution in [-0.4, -0.2) is 180 Å². The molecule has 4 fully saturated rings. The van der Waals surface area contributed by atoms with E-state index in [0.717, 1.165) is 82.4 Å². The molecule has 4 aliphatic heterocycles. The minimum absolute atomic E-state index is 0. The number of ether oxygens (including phenoxy) is 4. The van der Waals surface area contributed by atoms with E-state index in [0.29, 0.717) is 37.9 Å². The molecule has 21 heteroatoms. The van der Waals surface area contributed by atoms with Crippen LogP contribution in [0.4, 0.5) is 0 Å². The van der Waals surface area contributed by atoms with Crippen LogP contribution in [0.2, 0.25) is 0 Å². The SMILES string of the molecule is C.CS[C@H]1O[C@H]([C@H](NC(=O)[C@@H]2CC[C@H](CCCCOc3cccnc3)CCN2)[C@H](C)Cl)[C@H](O)[C@H](O)[C@H]1O.C[C@H](Cl)[C@@H](NC(=O)[C@@H]1CC[C@H](CCCOc2cccnc2)CCN1)[C@H]1O[C@H](C)[C@H](O)[C@@H](O)[C@H]1O. The normalized spacial score (nSPS) is 32.9. The number of halogens is 2. The molecule has 10 N–H and O–H groups in total. The summed E-state index contributed by atoms with van der Waals surface area (Å²) in [5.41, 5.74) is -0.727. The van der Waals surface area contributed by atoms with Gasteiger partial charge in [-0.05, 0) is 140 Å². The number of thioether (sulfide) groups is 1. The first kappa shape index (κ1) is 60.9. The van der Waals surface area contributed by atoms with Crippen molar-refractivity contribution >= 4 is 46.8 Å². The van der Waals surface area contributed by atoms with Crippen LogP contribution in [0.5, 0.6) is 11.5 Å². The zero-order valence-electron chi connectivity index (χ0n) is 40.8. The van der Waals surface area contributed by atoms with Crippen LogP contribution in [0.25, 0.3) is 0 Å². The number of aliphatic hydroxyl groups is 6. The number of pyridine rings is 2. The minimum atomic E-state index is -1.39. The molecule has 18 nitrogen and oxygen atoms in total. The monoisotopic (exact) mass is 1060 g/mol. The van der Waals surface area contributed by atoms with Crippen molar-refractivity contribution in [3.05, 3.63) is 49.1 Å². The van der Waals surface area contributed by atoms with E-state index in [1.165, 1.54) is 11.8 Å². The van der Waals surface area contributed by atoms with Gasteiger partial charge in [-0.25, -0.2) is 0 Å². The Labute approximate surface area is 434 Å². The van der Waals surface area contributed by atoms with E-state index in [1.807, 2.05) is 24.3 Å². The number of hydrogen-bond acceptors (Lipinski definition) is 17. The molecule has 2 amide bonds. The first-order valence-electron chi connectivity index (χ1n) is 24.9. The highest BCUT2D eigenvalue weighted by molar-refractivity contribution is 7.99. The largest absolute Gasteiger partial charge is 0.492 e. The molecule has 2 aromatic rings. The Bertz CT molecular complexity index is 1810. The summed E-state index contributed by atoms with van der Waals surface area (Å²) in [6.45, 7) is 7.81. The van der Waals surface area contributed by atoms with Gasteiger partial charge >= 0.3 is 0 Å². The lowest BCUT2D eigenvalue weighted by molar-refractivity contribution is -0.223. The van der Waals surface area contributed by atoms with E-state index in [4.69, 9.17) is 42.1 Å². The van der Waals surface area contributed by atoms with Crippen LogP contribution in [0.3, 0.4) is 0 Å². The average Bonchev–Trinajstić information content (AvgIpc) is 3.76. The van der Waals surface area contributed by atoms with Crippen molar-refractivity contribution in [2.45, 2.75) is 194 Å². The van der Waals surface area contributed by atoms with E-state index in [2.05, 4.69) is 31.2 Å². The highest BCUT2D eigenvalue weighted by atomic mass is 35.5. The number of aromatic nitrogens is 2. The molecule has 6 heterocycles. The second kappa shape index (κ2) is 31.3. The Morgan fingerprint density at radius 1 is 0.690 bits per heavy atom. The second-order valence-electron chi connectivity index (χ2n) is 19.1. The minimum Gasteiger partial charge on any atom is -0.492 e. The Kier molecular flexibility index (Phi) is 26.9. The van der Waals surface area contributed by atoms with Gasteiger partial charge in [-0.15, -0.1) is 35.0 Å². The third kappa shape index (κ3) is 18.6. The Morgan fingerprint density at radius 2 is 1.15 bits per heavy atom. The molecule has 4 saturated heterocycles. The third-order valence-electron chi connectivity index (χ3n) is 13.9. The van der Waals surface area contributed by atoms with Crippen LogP contribution >= 0.6 is 35.0 Å². The lowest BCUT2D eigenvalue weighted by Crippen LogP contribution is -2.65. The molecule has 0 aromatic carbocycles. The molecule has 18 atom stereocenters. The van der Waals surface area contributed by atoms with Crippen molar-refractivity contribution in [2.75, 3.05) is 32.6 Å². The summed E-state index contributed by atoms with van der Waals surface area (Å²) >= 11 is 14.0. The number of amides is 2. The van der Waals surface area contributed by atoms with Crippen molar-refractivity contribution in [1.82, 2.24) is 31.2 Å². The van der Waals surface area contributed by atoms with Crippen molar-refractivity contribution in [3.63, 3.8) is 0 Å². The average molecular weight is 1060 g/mol. The molecule has 71 heavy (non-hydrogen) atoms. The Hall–Kier alpha value is -2.63. The summed E-state index contributed by atoms with van der Waals surface area (Å²) in [7, 11) is 0. The van der Waals surface area contributed by atoms with Gasteiger partial charge in [0.2, 0.25) is 11.8 Å². The Morgan fingerprint density at radius 3 is 1.62 bits per heavy atom. The van der Waals surface area contributed by atoms with Crippen LogP contribution in [-0.2, 0) is 19.1 Å². The molecule has 2 aromatic heterocycles. The lowest BCUT2D eigenvalue weighted by Gasteiger charge is -2.44. The highest BCUT2D eigenvalue weighted by Gasteiger charge is 2.49. The van der Waals surface area contributed by atoms with E-state index < -0.39 is 83.2 Å². The number of aliphatic hydroxyl groups excluding tert-OH is 6. The van der Waals surface area contributed by atoms with E-state index in [9.17, 15) is 40.2 Å². The topological polar surface area (TPSA) is 266 Å². The molecular formula is C50H82Cl2N6O12S. The lowest BCUT2D eigenvalue weighted by atomic mass is 9.90. The summed E-state index contributed by atoms with van der Waals surface area (Å²) in [5.74, 6) is 2.20. The summed E-state index contributed by atoms with van der Waals surface area (Å²) in [6, 6.07) is 5.30. The molecule has 0 unspecified atom stereocenters. The molecule has 0 aliphatic carbocycles. The van der Waals surface area contributed by atoms with E-state index in [1.54, 1.807) is 51.8 Å². The van der Waals surface area contributed by atoms with Gasteiger partial charge < -0.3 is 70.9 Å². The van der Waals surface area contributed by atoms with Crippen molar-refractivity contribution in [3.8, 4) is 11.5 Å². The maximum atomic E-state index is 13.1. The maximum Gasteiger partial charge on any atom is 0.237 e. The predicted molar refractivity (Wildman–Crippen MR) is 275 cm³/mol. The van der Waals surface area contributed by atoms with Crippen molar-refractivity contribution in [2.24, 2.45) is 11.8 Å². The van der Waals surface area contributed by atoms with Gasteiger partial charge in [-0.3, -0.25) is 19.6 Å². The third-order valence-corrected chi connectivity index (χ3v) is 15.3. The highest BCUT2D eigenvalue weighted by Crippen LogP contribution is 2.31. The quantitative estimate of drug-likeness (QED) is 0.0674. The Balaban J connectivity index is 0.000000305. The molecule has 0 bridgehead atoms. The van der Waals surface area contributed by atoms with Crippen LogP contribution in [0, 0.1) is 11.8 Å².